The lowest BCUT2D eigenvalue weighted by Gasteiger charge is -2.05. The maximum atomic E-state index is 5.59. The van der Waals surface area contributed by atoms with Crippen LogP contribution in [-0.4, -0.2) is 19.6 Å². The molecule has 0 aliphatic carbocycles. The average molecular weight is 312 g/mol. The van der Waals surface area contributed by atoms with Crippen molar-refractivity contribution in [1.29, 1.82) is 0 Å². The number of rotatable bonds is 5. The Labute approximate surface area is 115 Å². The highest BCUT2D eigenvalue weighted by Gasteiger charge is 2.14. The molecule has 0 aromatic carbocycles. The summed E-state index contributed by atoms with van der Waals surface area (Å²) in [5.74, 6) is 0. The van der Waals surface area contributed by atoms with Gasteiger partial charge >= 0.3 is 0 Å². The SMILES string of the molecule is CCc1nn(CC)c(Cn2cc(CN)cn2)c1Br. The molecular formula is C12H18BrN5. The summed E-state index contributed by atoms with van der Waals surface area (Å²) in [5.41, 5.74) is 8.88. The van der Waals surface area contributed by atoms with Crippen LogP contribution in [0.1, 0.15) is 30.8 Å². The van der Waals surface area contributed by atoms with Crippen molar-refractivity contribution in [1.82, 2.24) is 19.6 Å². The Bertz CT molecular complexity index is 529. The Balaban J connectivity index is 2.29. The van der Waals surface area contributed by atoms with Crippen LogP contribution in [0.5, 0.6) is 0 Å². The summed E-state index contributed by atoms with van der Waals surface area (Å²) in [7, 11) is 0. The number of aromatic nitrogens is 4. The number of nitrogens with zero attached hydrogens (tertiary/aromatic N) is 4. The lowest BCUT2D eigenvalue weighted by molar-refractivity contribution is 0.572. The number of aryl methyl sites for hydroxylation is 2. The van der Waals surface area contributed by atoms with E-state index in [4.69, 9.17) is 5.73 Å². The van der Waals surface area contributed by atoms with Crippen LogP contribution in [0.3, 0.4) is 0 Å². The molecule has 0 atom stereocenters. The van der Waals surface area contributed by atoms with E-state index in [9.17, 15) is 0 Å². The Hall–Kier alpha value is -1.14. The molecule has 0 saturated heterocycles. The number of hydrogen-bond donors (Lipinski definition) is 1. The van der Waals surface area contributed by atoms with E-state index in [1.165, 1.54) is 0 Å². The van der Waals surface area contributed by atoms with Crippen LogP contribution >= 0.6 is 15.9 Å². The van der Waals surface area contributed by atoms with E-state index in [-0.39, 0.29) is 0 Å². The van der Waals surface area contributed by atoms with Gasteiger partial charge in [-0.2, -0.15) is 10.2 Å². The minimum Gasteiger partial charge on any atom is -0.326 e. The molecule has 2 rings (SSSR count). The van der Waals surface area contributed by atoms with Gasteiger partial charge < -0.3 is 5.73 Å². The average Bonchev–Trinajstić information content (AvgIpc) is 2.96. The largest absolute Gasteiger partial charge is 0.326 e. The second-order valence-corrected chi connectivity index (χ2v) is 4.92. The summed E-state index contributed by atoms with van der Waals surface area (Å²) in [6.45, 7) is 6.29. The quantitative estimate of drug-likeness (QED) is 0.917. The monoisotopic (exact) mass is 311 g/mol. The van der Waals surface area contributed by atoms with Crippen molar-refractivity contribution in [3.63, 3.8) is 0 Å². The highest BCUT2D eigenvalue weighted by molar-refractivity contribution is 9.10. The molecule has 2 N–H and O–H groups in total. The minimum atomic E-state index is 0.522. The molecule has 0 spiro atoms. The van der Waals surface area contributed by atoms with E-state index < -0.39 is 0 Å². The molecule has 5 nitrogen and oxygen atoms in total. The second-order valence-electron chi connectivity index (χ2n) is 4.13. The summed E-state index contributed by atoms with van der Waals surface area (Å²) in [4.78, 5) is 0. The van der Waals surface area contributed by atoms with Crippen LogP contribution in [0.25, 0.3) is 0 Å². The lowest BCUT2D eigenvalue weighted by Crippen LogP contribution is -2.08. The smallest absolute Gasteiger partial charge is 0.0839 e. The zero-order valence-electron chi connectivity index (χ0n) is 10.7. The zero-order chi connectivity index (χ0) is 13.1. The normalized spacial score (nSPS) is 11.1. The van der Waals surface area contributed by atoms with Crippen molar-refractivity contribution in [2.45, 2.75) is 39.9 Å². The van der Waals surface area contributed by atoms with Gasteiger partial charge in [0, 0.05) is 24.8 Å². The van der Waals surface area contributed by atoms with Gasteiger partial charge in [-0.05, 0) is 29.3 Å². The topological polar surface area (TPSA) is 61.7 Å². The Morgan fingerprint density at radius 2 is 2.17 bits per heavy atom. The predicted octanol–water partition coefficient (Wildman–Crippen LogP) is 1.93. The van der Waals surface area contributed by atoms with Crippen molar-refractivity contribution < 1.29 is 0 Å². The van der Waals surface area contributed by atoms with Crippen LogP contribution in [-0.2, 0) is 26.1 Å². The summed E-state index contributed by atoms with van der Waals surface area (Å²) >= 11 is 3.64. The third kappa shape index (κ3) is 2.49. The molecule has 2 heterocycles. The van der Waals surface area contributed by atoms with E-state index in [0.29, 0.717) is 13.1 Å². The van der Waals surface area contributed by atoms with E-state index in [1.807, 2.05) is 15.6 Å². The van der Waals surface area contributed by atoms with Gasteiger partial charge in [0.15, 0.2) is 0 Å². The van der Waals surface area contributed by atoms with Gasteiger partial charge in [-0.25, -0.2) is 0 Å². The van der Waals surface area contributed by atoms with Gasteiger partial charge in [0.25, 0.3) is 0 Å². The maximum Gasteiger partial charge on any atom is 0.0839 e. The predicted molar refractivity (Wildman–Crippen MR) is 74.2 cm³/mol. The fourth-order valence-electron chi connectivity index (χ4n) is 1.92. The number of halogens is 1. The van der Waals surface area contributed by atoms with Gasteiger partial charge in [0.2, 0.25) is 0 Å². The molecule has 18 heavy (non-hydrogen) atoms. The summed E-state index contributed by atoms with van der Waals surface area (Å²) in [6.07, 6.45) is 4.71. The van der Waals surface area contributed by atoms with E-state index in [0.717, 1.165) is 34.4 Å². The molecule has 0 aliphatic rings. The number of nitrogens with two attached hydrogens (primary N) is 1. The lowest BCUT2D eigenvalue weighted by atomic mass is 10.3. The highest BCUT2D eigenvalue weighted by atomic mass is 79.9. The fraction of sp³-hybridized carbons (Fsp3) is 0.500. The molecule has 2 aromatic rings. The summed E-state index contributed by atoms with van der Waals surface area (Å²) < 4.78 is 5.01. The van der Waals surface area contributed by atoms with Crippen molar-refractivity contribution >= 4 is 15.9 Å². The van der Waals surface area contributed by atoms with Gasteiger partial charge in [-0.15, -0.1) is 0 Å². The van der Waals surface area contributed by atoms with Crippen molar-refractivity contribution in [2.24, 2.45) is 5.73 Å². The molecule has 0 saturated carbocycles. The third-order valence-corrected chi connectivity index (χ3v) is 3.84. The van der Waals surface area contributed by atoms with Gasteiger partial charge in [0.05, 0.1) is 28.6 Å². The second kappa shape index (κ2) is 5.67. The molecule has 0 bridgehead atoms. The summed E-state index contributed by atoms with van der Waals surface area (Å²) in [6, 6.07) is 0. The van der Waals surface area contributed by atoms with Gasteiger partial charge in [-0.1, -0.05) is 6.92 Å². The molecule has 0 fully saturated rings. The molecule has 0 unspecified atom stereocenters. The molecule has 0 aliphatic heterocycles. The van der Waals surface area contributed by atoms with Crippen molar-refractivity contribution in [3.05, 3.63) is 33.8 Å². The fourth-order valence-corrected chi connectivity index (χ4v) is 2.61. The van der Waals surface area contributed by atoms with Crippen LogP contribution in [0, 0.1) is 0 Å². The van der Waals surface area contributed by atoms with E-state index >= 15 is 0 Å². The number of hydrogen-bond acceptors (Lipinski definition) is 3. The molecule has 98 valence electrons. The standard InChI is InChI=1S/C12H18BrN5/c1-3-10-12(13)11(18(4-2)16-10)8-17-7-9(5-14)6-15-17/h6-7H,3-5,8,14H2,1-2H3. The first-order valence-corrected chi connectivity index (χ1v) is 6.94. The maximum absolute atomic E-state index is 5.59. The molecule has 0 amide bonds. The molecular weight excluding hydrogens is 294 g/mol. The van der Waals surface area contributed by atoms with Crippen LogP contribution in [0.15, 0.2) is 16.9 Å². The zero-order valence-corrected chi connectivity index (χ0v) is 12.3. The Morgan fingerprint density at radius 3 is 2.72 bits per heavy atom. The van der Waals surface area contributed by atoms with Crippen molar-refractivity contribution in [3.8, 4) is 0 Å². The molecule has 6 heteroatoms. The Kier molecular flexibility index (Phi) is 4.19. The minimum absolute atomic E-state index is 0.522. The first-order chi connectivity index (χ1) is 8.69. The van der Waals surface area contributed by atoms with E-state index in [2.05, 4.69) is 40.0 Å². The Morgan fingerprint density at radius 1 is 1.39 bits per heavy atom. The van der Waals surface area contributed by atoms with Crippen LogP contribution in [0.4, 0.5) is 0 Å². The first kappa shape index (κ1) is 13.3. The van der Waals surface area contributed by atoms with Gasteiger partial charge in [-0.3, -0.25) is 9.36 Å². The van der Waals surface area contributed by atoms with E-state index in [1.54, 1.807) is 6.20 Å². The molecule has 2 aromatic heterocycles. The van der Waals surface area contributed by atoms with Crippen LogP contribution < -0.4 is 5.73 Å². The molecule has 0 radical (unpaired) electrons. The van der Waals surface area contributed by atoms with Gasteiger partial charge in [0.1, 0.15) is 0 Å². The van der Waals surface area contributed by atoms with Crippen molar-refractivity contribution in [2.75, 3.05) is 0 Å². The van der Waals surface area contributed by atoms with Crippen LogP contribution in [0.2, 0.25) is 0 Å². The first-order valence-electron chi connectivity index (χ1n) is 6.15. The third-order valence-electron chi connectivity index (χ3n) is 2.93. The highest BCUT2D eigenvalue weighted by Crippen LogP contribution is 2.23. The summed E-state index contributed by atoms with van der Waals surface area (Å²) in [5, 5.41) is 8.88.